The zero-order valence-corrected chi connectivity index (χ0v) is 30.4. The van der Waals surface area contributed by atoms with Crippen molar-refractivity contribution in [2.24, 2.45) is 20.5 Å². The maximum absolute atomic E-state index is 13.3. The monoisotopic (exact) mass is 680 g/mol. The molecule has 0 aliphatic heterocycles. The number of anilines is 2. The summed E-state index contributed by atoms with van der Waals surface area (Å²) in [5.41, 5.74) is 5.04. The lowest BCUT2D eigenvalue weighted by Crippen LogP contribution is -2.25. The number of benzene rings is 4. The smallest absolute Gasteiger partial charge is 0.206 e. The first-order chi connectivity index (χ1) is 23.9. The molecule has 8 nitrogen and oxygen atoms in total. The second kappa shape index (κ2) is 19.6. The van der Waals surface area contributed by atoms with Crippen LogP contribution >= 0.6 is 0 Å². The minimum Gasteiger partial charge on any atom is -0.372 e. The molecule has 0 fully saturated rings. The van der Waals surface area contributed by atoms with E-state index in [1.165, 1.54) is 49.9 Å². The standard InChI is InChI=1S/C40H52N6O2S/c1-5-9-11-31-46(32-12-10-6-2)38-23-15-34(16-24-38)42-44-36-19-27-40(28-20-36)49(47,48)39-25-17-35(18-26-39)43-41-33-13-21-37(22-14-33)45(29-7-3)30-8-4/h13-28H,5-12,29-32H2,1-4H3. The van der Waals surface area contributed by atoms with E-state index < -0.39 is 9.84 Å². The average Bonchev–Trinajstić information content (AvgIpc) is 3.13. The van der Waals surface area contributed by atoms with Crippen molar-refractivity contribution in [3.05, 3.63) is 97.1 Å². The van der Waals surface area contributed by atoms with E-state index in [9.17, 15) is 8.42 Å². The summed E-state index contributed by atoms with van der Waals surface area (Å²) in [5.74, 6) is 0. The third kappa shape index (κ3) is 11.3. The third-order valence-corrected chi connectivity index (χ3v) is 10.1. The number of sulfone groups is 1. The molecule has 0 aliphatic carbocycles. The number of rotatable bonds is 20. The van der Waals surface area contributed by atoms with Gasteiger partial charge in [0.15, 0.2) is 0 Å². The first-order valence-electron chi connectivity index (χ1n) is 17.9. The summed E-state index contributed by atoms with van der Waals surface area (Å²) in [5, 5.41) is 17.4. The number of unbranched alkanes of at least 4 members (excludes halogenated alkanes) is 4. The van der Waals surface area contributed by atoms with Gasteiger partial charge in [-0.25, -0.2) is 8.42 Å². The van der Waals surface area contributed by atoms with Crippen molar-refractivity contribution in [2.75, 3.05) is 36.0 Å². The van der Waals surface area contributed by atoms with E-state index in [1.807, 2.05) is 24.3 Å². The highest BCUT2D eigenvalue weighted by atomic mass is 32.2. The van der Waals surface area contributed by atoms with Gasteiger partial charge in [-0.05, 0) is 123 Å². The van der Waals surface area contributed by atoms with Gasteiger partial charge in [-0.2, -0.15) is 20.5 Å². The Kier molecular flexibility index (Phi) is 15.0. The van der Waals surface area contributed by atoms with E-state index in [0.29, 0.717) is 11.4 Å². The largest absolute Gasteiger partial charge is 0.372 e. The predicted molar refractivity (Wildman–Crippen MR) is 204 cm³/mol. The highest BCUT2D eigenvalue weighted by Crippen LogP contribution is 2.28. The number of hydrogen-bond donors (Lipinski definition) is 0. The van der Waals surface area contributed by atoms with E-state index in [2.05, 4.69) is 82.2 Å². The summed E-state index contributed by atoms with van der Waals surface area (Å²) < 4.78 is 26.7. The Labute approximate surface area is 293 Å². The van der Waals surface area contributed by atoms with Gasteiger partial charge in [0.1, 0.15) is 0 Å². The molecular weight excluding hydrogens is 629 g/mol. The summed E-state index contributed by atoms with van der Waals surface area (Å²) >= 11 is 0. The highest BCUT2D eigenvalue weighted by Gasteiger charge is 2.17. The molecule has 4 rings (SSSR count). The van der Waals surface area contributed by atoms with Gasteiger partial charge in [0.25, 0.3) is 0 Å². The molecule has 260 valence electrons. The maximum Gasteiger partial charge on any atom is 0.206 e. The molecule has 0 radical (unpaired) electrons. The molecule has 4 aromatic carbocycles. The second-order valence-electron chi connectivity index (χ2n) is 12.3. The van der Waals surface area contributed by atoms with Gasteiger partial charge in [0.2, 0.25) is 9.84 Å². The number of nitrogens with zero attached hydrogens (tertiary/aromatic N) is 6. The lowest BCUT2D eigenvalue weighted by molar-refractivity contribution is 0.596. The van der Waals surface area contributed by atoms with Crippen molar-refractivity contribution in [1.82, 2.24) is 0 Å². The molecule has 0 heterocycles. The zero-order chi connectivity index (χ0) is 34.9. The van der Waals surface area contributed by atoms with Crippen molar-refractivity contribution in [3.63, 3.8) is 0 Å². The third-order valence-electron chi connectivity index (χ3n) is 8.34. The first kappa shape index (κ1) is 37.4. The summed E-state index contributed by atoms with van der Waals surface area (Å²) in [7, 11) is -3.71. The molecule has 9 heteroatoms. The van der Waals surface area contributed by atoms with Gasteiger partial charge in [-0.3, -0.25) is 0 Å². The van der Waals surface area contributed by atoms with E-state index >= 15 is 0 Å². The van der Waals surface area contributed by atoms with Crippen LogP contribution < -0.4 is 9.80 Å². The SMILES string of the molecule is CCCCCN(CCCCC)c1ccc(N=Nc2ccc(S(=O)(=O)c3ccc(N=Nc4ccc(N(CCC)CCC)cc4)cc3)cc2)cc1. The Morgan fingerprint density at radius 2 is 0.714 bits per heavy atom. The van der Waals surface area contributed by atoms with E-state index in [4.69, 9.17) is 0 Å². The van der Waals surface area contributed by atoms with Crippen molar-refractivity contribution < 1.29 is 8.42 Å². The first-order valence-corrected chi connectivity index (χ1v) is 19.3. The highest BCUT2D eigenvalue weighted by molar-refractivity contribution is 7.91. The van der Waals surface area contributed by atoms with Crippen LogP contribution in [-0.2, 0) is 9.84 Å². The molecule has 0 unspecified atom stereocenters. The number of azo groups is 2. The van der Waals surface area contributed by atoms with Crippen LogP contribution in [0.5, 0.6) is 0 Å². The van der Waals surface area contributed by atoms with Crippen LogP contribution in [0.2, 0.25) is 0 Å². The Balaban J connectivity index is 1.36. The minimum absolute atomic E-state index is 0.190. The molecule has 0 amide bonds. The molecule has 0 aromatic heterocycles. The topological polar surface area (TPSA) is 90.1 Å². The van der Waals surface area contributed by atoms with Crippen LogP contribution in [0.4, 0.5) is 34.1 Å². The predicted octanol–water partition coefficient (Wildman–Crippen LogP) is 12.2. The Hall–Kier alpha value is -4.37. The van der Waals surface area contributed by atoms with Crippen molar-refractivity contribution in [2.45, 2.75) is 88.9 Å². The molecule has 0 saturated carbocycles. The van der Waals surface area contributed by atoms with Crippen molar-refractivity contribution >= 4 is 44.0 Å². The Morgan fingerprint density at radius 1 is 0.408 bits per heavy atom. The van der Waals surface area contributed by atoms with Gasteiger partial charge >= 0.3 is 0 Å². The fourth-order valence-electron chi connectivity index (χ4n) is 5.60. The van der Waals surface area contributed by atoms with E-state index in [-0.39, 0.29) is 9.79 Å². The Morgan fingerprint density at radius 3 is 1.02 bits per heavy atom. The van der Waals surface area contributed by atoms with E-state index in [1.54, 1.807) is 48.5 Å². The molecule has 0 aliphatic rings. The summed E-state index contributed by atoms with van der Waals surface area (Å²) in [6.07, 6.45) is 9.48. The molecule has 0 bridgehead atoms. The average molecular weight is 681 g/mol. The van der Waals surface area contributed by atoms with Crippen LogP contribution in [0.1, 0.15) is 79.1 Å². The quantitative estimate of drug-likeness (QED) is 0.0686. The molecule has 0 atom stereocenters. The fourth-order valence-corrected chi connectivity index (χ4v) is 6.86. The number of hydrogen-bond acceptors (Lipinski definition) is 8. The Bertz CT molecular complexity index is 1690. The van der Waals surface area contributed by atoms with E-state index in [0.717, 1.165) is 50.4 Å². The van der Waals surface area contributed by atoms with Gasteiger partial charge < -0.3 is 9.80 Å². The van der Waals surface area contributed by atoms with Crippen LogP contribution in [0.25, 0.3) is 0 Å². The normalized spacial score (nSPS) is 11.8. The lowest BCUT2D eigenvalue weighted by Gasteiger charge is -2.25. The zero-order valence-electron chi connectivity index (χ0n) is 29.6. The van der Waals surface area contributed by atoms with Crippen molar-refractivity contribution in [1.29, 1.82) is 0 Å². The van der Waals surface area contributed by atoms with Crippen LogP contribution in [0.15, 0.2) is 127 Å². The molecule has 4 aromatic rings. The van der Waals surface area contributed by atoms with Gasteiger partial charge in [-0.1, -0.05) is 53.4 Å². The second-order valence-corrected chi connectivity index (χ2v) is 14.3. The van der Waals surface area contributed by atoms with Crippen molar-refractivity contribution in [3.8, 4) is 0 Å². The molecule has 0 N–H and O–H groups in total. The molecule has 0 saturated heterocycles. The minimum atomic E-state index is -3.71. The van der Waals surface area contributed by atoms with Crippen LogP contribution in [0, 0.1) is 0 Å². The van der Waals surface area contributed by atoms with Crippen LogP contribution in [0.3, 0.4) is 0 Å². The lowest BCUT2D eigenvalue weighted by atomic mass is 10.2. The summed E-state index contributed by atoms with van der Waals surface area (Å²) in [6.45, 7) is 13.0. The summed E-state index contributed by atoms with van der Waals surface area (Å²) in [6, 6.07) is 29.2. The fraction of sp³-hybridized carbons (Fsp3) is 0.400. The molecule has 49 heavy (non-hydrogen) atoms. The summed E-state index contributed by atoms with van der Waals surface area (Å²) in [4.78, 5) is 5.22. The molecule has 0 spiro atoms. The van der Waals surface area contributed by atoms with Gasteiger partial charge in [-0.15, -0.1) is 0 Å². The van der Waals surface area contributed by atoms with Gasteiger partial charge in [0.05, 0.1) is 32.5 Å². The maximum atomic E-state index is 13.3. The van der Waals surface area contributed by atoms with Crippen LogP contribution in [-0.4, -0.2) is 34.6 Å². The van der Waals surface area contributed by atoms with Gasteiger partial charge in [0, 0.05) is 37.6 Å². The molecular formula is C40H52N6O2S.